The van der Waals surface area contributed by atoms with Gasteiger partial charge in [-0.3, -0.25) is 9.59 Å². The molecule has 55 heavy (non-hydrogen) atoms. The average molecular weight is 783 g/mol. The molecular weight excluding hydrogens is 740 g/mol. The second-order valence-electron chi connectivity index (χ2n) is 13.5. The van der Waals surface area contributed by atoms with E-state index in [0.717, 1.165) is 19.1 Å². The summed E-state index contributed by atoms with van der Waals surface area (Å²) in [6.45, 7) is 3.27. The molecule has 302 valence electrons. The first-order valence-corrected chi connectivity index (χ1v) is 17.1. The molecule has 3 fully saturated rings. The topological polar surface area (TPSA) is 314 Å². The fraction of sp³-hybridized carbons (Fsp3) is 0.543. The lowest BCUT2D eigenvalue weighted by Gasteiger charge is -2.45. The van der Waals surface area contributed by atoms with E-state index in [1.807, 2.05) is 0 Å². The number of aliphatic hydroxyl groups is 8. The fourth-order valence-electron chi connectivity index (χ4n) is 6.36. The van der Waals surface area contributed by atoms with E-state index < -0.39 is 127 Å². The van der Waals surface area contributed by atoms with Crippen LogP contribution in [-0.4, -0.2) is 156 Å². The van der Waals surface area contributed by atoms with Crippen molar-refractivity contribution in [2.45, 2.75) is 113 Å². The predicted octanol–water partition coefficient (Wildman–Crippen LogP) is -2.32. The van der Waals surface area contributed by atoms with Crippen molar-refractivity contribution in [1.82, 2.24) is 0 Å². The maximum Gasteiger partial charge on any atom is 0.302 e. The standard InChI is InChI=1S/C35H42O20/c1-11-21(39)25(43)28(46)33(49-11)51-16-8-17(38)20-18(9-16)52-30(14-4-6-15(37)7-5-14)31(24(20)42)54-35-32(27(45)23(41)19(53-35)10-48-13(3)36)55-34-29(47)26(44)22(40)12(2)50-34/h4-9,11-12,19,21-23,25-29,32-35,37-41,43-47H,10H2,1-3H3/t11-,12-,19+,21-,22-,23-,25+,26+,27-,28+,29+,32+,33-,34-,35-/m0/s1. The minimum atomic E-state index is -1.97. The van der Waals surface area contributed by atoms with Gasteiger partial charge < -0.3 is 88.6 Å². The monoisotopic (exact) mass is 782 g/mol. The van der Waals surface area contributed by atoms with Gasteiger partial charge in [-0.15, -0.1) is 0 Å². The van der Waals surface area contributed by atoms with E-state index in [4.69, 9.17) is 37.6 Å². The van der Waals surface area contributed by atoms with Gasteiger partial charge in [0, 0.05) is 24.6 Å². The van der Waals surface area contributed by atoms with Crippen molar-refractivity contribution in [1.29, 1.82) is 0 Å². The molecule has 1 aromatic heterocycles. The van der Waals surface area contributed by atoms with Gasteiger partial charge >= 0.3 is 5.97 Å². The van der Waals surface area contributed by atoms with Crippen LogP contribution in [0, 0.1) is 0 Å². The van der Waals surface area contributed by atoms with Crippen LogP contribution in [0.3, 0.4) is 0 Å². The van der Waals surface area contributed by atoms with Gasteiger partial charge in [-0.25, -0.2) is 0 Å². The molecule has 0 unspecified atom stereocenters. The highest BCUT2D eigenvalue weighted by atomic mass is 16.8. The minimum absolute atomic E-state index is 0.108. The number of aromatic hydroxyl groups is 2. The number of rotatable bonds is 9. The van der Waals surface area contributed by atoms with Crippen LogP contribution in [0.15, 0.2) is 45.6 Å². The molecular formula is C35H42O20. The van der Waals surface area contributed by atoms with Crippen LogP contribution < -0.4 is 14.9 Å². The molecule has 3 aliphatic rings. The second kappa shape index (κ2) is 16.1. The Morgan fingerprint density at radius 1 is 0.709 bits per heavy atom. The van der Waals surface area contributed by atoms with Crippen molar-refractivity contribution >= 4 is 16.9 Å². The Hall–Kier alpha value is -4.16. The van der Waals surface area contributed by atoms with E-state index >= 15 is 0 Å². The number of benzene rings is 2. The van der Waals surface area contributed by atoms with Crippen molar-refractivity contribution in [3.63, 3.8) is 0 Å². The lowest BCUT2D eigenvalue weighted by atomic mass is 9.97. The molecule has 3 saturated heterocycles. The van der Waals surface area contributed by atoms with Crippen LogP contribution in [0.25, 0.3) is 22.3 Å². The van der Waals surface area contributed by atoms with Gasteiger partial charge in [0.05, 0.1) is 12.2 Å². The Morgan fingerprint density at radius 3 is 1.93 bits per heavy atom. The van der Waals surface area contributed by atoms with E-state index in [2.05, 4.69) is 0 Å². The van der Waals surface area contributed by atoms with Crippen molar-refractivity contribution in [2.24, 2.45) is 0 Å². The highest BCUT2D eigenvalue weighted by Gasteiger charge is 2.52. The fourth-order valence-corrected chi connectivity index (χ4v) is 6.36. The number of carbonyl (C=O) groups excluding carboxylic acids is 1. The third kappa shape index (κ3) is 8.08. The number of carbonyl (C=O) groups is 1. The summed E-state index contributed by atoms with van der Waals surface area (Å²) >= 11 is 0. The summed E-state index contributed by atoms with van der Waals surface area (Å²) < 4.78 is 45.4. The molecule has 3 aromatic rings. The zero-order valence-corrected chi connectivity index (χ0v) is 29.4. The molecule has 0 saturated carbocycles. The molecule has 0 bridgehead atoms. The third-order valence-electron chi connectivity index (χ3n) is 9.53. The zero-order chi connectivity index (χ0) is 40.0. The minimum Gasteiger partial charge on any atom is -0.508 e. The normalized spacial score (nSPS) is 36.7. The summed E-state index contributed by atoms with van der Waals surface area (Å²) in [5.74, 6) is -2.91. The Morgan fingerprint density at radius 2 is 1.31 bits per heavy atom. The van der Waals surface area contributed by atoms with Crippen molar-refractivity contribution in [2.75, 3.05) is 6.61 Å². The number of phenols is 2. The first-order valence-electron chi connectivity index (χ1n) is 17.1. The maximum atomic E-state index is 14.3. The number of phenolic OH excluding ortho intramolecular Hbond substituents is 2. The summed E-state index contributed by atoms with van der Waals surface area (Å²) in [4.78, 5) is 25.9. The predicted molar refractivity (Wildman–Crippen MR) is 179 cm³/mol. The lowest BCUT2D eigenvalue weighted by Crippen LogP contribution is -2.64. The Bertz CT molecular complexity index is 1880. The van der Waals surface area contributed by atoms with E-state index in [-0.39, 0.29) is 28.4 Å². The van der Waals surface area contributed by atoms with Gasteiger partial charge in [0.1, 0.15) is 89.8 Å². The van der Waals surface area contributed by atoms with Gasteiger partial charge in [0.25, 0.3) is 0 Å². The summed E-state index contributed by atoms with van der Waals surface area (Å²) in [6.07, 6.45) is -24.4. The molecule has 20 heteroatoms. The average Bonchev–Trinajstić information content (AvgIpc) is 3.14. The molecule has 3 aliphatic heterocycles. The van der Waals surface area contributed by atoms with E-state index in [9.17, 15) is 60.7 Å². The lowest BCUT2D eigenvalue weighted by molar-refractivity contribution is -0.354. The Balaban J connectivity index is 1.42. The molecule has 0 amide bonds. The van der Waals surface area contributed by atoms with Gasteiger partial charge in [0.15, 0.2) is 18.2 Å². The number of ether oxygens (including phenoxy) is 7. The van der Waals surface area contributed by atoms with Crippen LogP contribution in [0.5, 0.6) is 23.0 Å². The highest BCUT2D eigenvalue weighted by molar-refractivity contribution is 5.88. The Kier molecular flexibility index (Phi) is 11.9. The largest absolute Gasteiger partial charge is 0.508 e. The van der Waals surface area contributed by atoms with E-state index in [1.54, 1.807) is 0 Å². The summed E-state index contributed by atoms with van der Waals surface area (Å²) in [6, 6.07) is 7.31. The molecule has 4 heterocycles. The van der Waals surface area contributed by atoms with Gasteiger partial charge in [-0.2, -0.15) is 0 Å². The molecule has 2 aromatic carbocycles. The molecule has 20 nitrogen and oxygen atoms in total. The quantitative estimate of drug-likeness (QED) is 0.102. The number of aliphatic hydroxyl groups excluding tert-OH is 8. The third-order valence-corrected chi connectivity index (χ3v) is 9.53. The van der Waals surface area contributed by atoms with Crippen molar-refractivity contribution < 1.29 is 93.4 Å². The van der Waals surface area contributed by atoms with Gasteiger partial charge in [-0.1, -0.05) is 0 Å². The molecule has 10 N–H and O–H groups in total. The molecule has 15 atom stereocenters. The number of esters is 1. The first-order chi connectivity index (χ1) is 26.0. The molecule has 6 rings (SSSR count). The van der Waals surface area contributed by atoms with Crippen LogP contribution in [0.4, 0.5) is 0 Å². The van der Waals surface area contributed by atoms with E-state index in [0.29, 0.717) is 0 Å². The Labute approximate surface area is 310 Å². The first kappa shape index (κ1) is 40.5. The van der Waals surface area contributed by atoms with Crippen LogP contribution >= 0.6 is 0 Å². The van der Waals surface area contributed by atoms with Crippen LogP contribution in [0.2, 0.25) is 0 Å². The van der Waals surface area contributed by atoms with Gasteiger partial charge in [0.2, 0.25) is 23.8 Å². The maximum absolute atomic E-state index is 14.3. The number of fused-ring (bicyclic) bond motifs is 1. The number of hydrogen-bond acceptors (Lipinski definition) is 20. The molecule has 0 spiro atoms. The molecule has 0 radical (unpaired) electrons. The summed E-state index contributed by atoms with van der Waals surface area (Å²) in [5.41, 5.74) is -1.25. The van der Waals surface area contributed by atoms with Gasteiger partial charge in [-0.05, 0) is 38.1 Å². The van der Waals surface area contributed by atoms with E-state index in [1.165, 1.54) is 38.1 Å². The number of hydrogen-bond donors (Lipinski definition) is 10. The molecule has 0 aliphatic carbocycles. The second-order valence-corrected chi connectivity index (χ2v) is 13.5. The van der Waals surface area contributed by atoms with Crippen molar-refractivity contribution in [3.05, 3.63) is 46.6 Å². The SMILES string of the molecule is CC(=O)OC[C@H]1O[C@@H](Oc2c(-c3ccc(O)cc3)oc3cc(O[C@@H]4O[C@@H](C)[C@H](O)[C@@H](O)[C@H]4O)cc(O)c3c2=O)[C@H](O[C@@H]2O[C@@H](C)[C@H](O)[C@@H](O)[C@H]2O)[C@@H](O)[C@H]1O. The van der Waals surface area contributed by atoms with Crippen molar-refractivity contribution in [3.8, 4) is 34.3 Å². The zero-order valence-electron chi connectivity index (χ0n) is 29.4. The smallest absolute Gasteiger partial charge is 0.302 e. The van der Waals surface area contributed by atoms with Crippen LogP contribution in [-0.2, 0) is 28.5 Å². The van der Waals surface area contributed by atoms with Crippen LogP contribution in [0.1, 0.15) is 20.8 Å². The summed E-state index contributed by atoms with van der Waals surface area (Å²) in [7, 11) is 0. The highest BCUT2D eigenvalue weighted by Crippen LogP contribution is 2.39. The summed E-state index contributed by atoms with van der Waals surface area (Å²) in [5, 5.41) is 105.